The Balaban J connectivity index is 3.39. The zero-order valence-corrected chi connectivity index (χ0v) is 29.6. The number of amides is 5. The molecule has 22 heteroatoms. The number of ether oxygens (including phenoxy) is 1. The van der Waals surface area contributed by atoms with Crippen LogP contribution in [0.25, 0.3) is 10.4 Å². The van der Waals surface area contributed by atoms with E-state index in [1.807, 2.05) is 0 Å². The van der Waals surface area contributed by atoms with Crippen LogP contribution in [-0.2, 0) is 44.7 Å². The van der Waals surface area contributed by atoms with Crippen LogP contribution in [0.15, 0.2) is 34.4 Å². The number of hydrogen-bond donors (Lipinski definition) is 10. The molecule has 1 aromatic rings. The molecule has 292 valence electrons. The Kier molecular flexibility index (Phi) is 19.8. The molecular weight excluding hydrogens is 700 g/mol. The van der Waals surface area contributed by atoms with Gasteiger partial charge in [-0.05, 0) is 55.3 Å². The molecule has 0 aliphatic heterocycles. The van der Waals surface area contributed by atoms with Crippen LogP contribution in [0.2, 0.25) is 0 Å². The van der Waals surface area contributed by atoms with E-state index in [1.54, 1.807) is 13.8 Å². The first kappa shape index (κ1) is 44.9. The van der Waals surface area contributed by atoms with E-state index in [0.717, 1.165) is 0 Å². The fourth-order valence-electron chi connectivity index (χ4n) is 4.51. The first-order valence-electron chi connectivity index (χ1n) is 16.4. The van der Waals surface area contributed by atoms with Gasteiger partial charge in [-0.2, -0.15) is 0 Å². The van der Waals surface area contributed by atoms with Crippen LogP contribution in [0, 0.1) is 5.92 Å². The number of hydrogen-bond acceptors (Lipinski definition) is 12. The largest absolute Gasteiger partial charge is 0.508 e. The van der Waals surface area contributed by atoms with Crippen molar-refractivity contribution < 1.29 is 48.5 Å². The Morgan fingerprint density at radius 3 is 2.02 bits per heavy atom. The number of phenolic OH excluding ortho intramolecular Hbond substituents is 1. The first-order valence-corrected chi connectivity index (χ1v) is 16.4. The summed E-state index contributed by atoms with van der Waals surface area (Å²) in [5.41, 5.74) is 25.4. The molecule has 0 saturated carbocycles. The van der Waals surface area contributed by atoms with E-state index >= 15 is 0 Å². The van der Waals surface area contributed by atoms with Gasteiger partial charge in [0.2, 0.25) is 29.5 Å². The van der Waals surface area contributed by atoms with Gasteiger partial charge >= 0.3 is 11.9 Å². The van der Waals surface area contributed by atoms with Crippen LogP contribution >= 0.6 is 0 Å². The predicted octanol–water partition coefficient (Wildman–Crippen LogP) is -2.62. The van der Waals surface area contributed by atoms with E-state index in [0.29, 0.717) is 5.56 Å². The number of aliphatic imine (C=N–C) groups is 1. The maximum atomic E-state index is 13.9. The minimum absolute atomic E-state index is 0.0424. The average molecular weight is 749 g/mol. The highest BCUT2D eigenvalue weighted by molar-refractivity contribution is 5.96. The van der Waals surface area contributed by atoms with Crippen molar-refractivity contribution >= 4 is 47.4 Å². The summed E-state index contributed by atoms with van der Waals surface area (Å²) in [6.07, 6.45) is 0.0286. The number of carbonyl (C=O) groups is 7. The lowest BCUT2D eigenvalue weighted by atomic mass is 10.00. The number of benzene rings is 1. The van der Waals surface area contributed by atoms with Crippen molar-refractivity contribution in [2.75, 3.05) is 26.2 Å². The summed E-state index contributed by atoms with van der Waals surface area (Å²) in [6, 6.07) is -1.03. The number of carboxylic acid groups (broad SMARTS) is 1. The predicted molar refractivity (Wildman–Crippen MR) is 188 cm³/mol. The molecule has 0 fully saturated rings. The van der Waals surface area contributed by atoms with Crippen LogP contribution < -0.4 is 43.8 Å². The highest BCUT2D eigenvalue weighted by Gasteiger charge is 2.32. The van der Waals surface area contributed by atoms with Gasteiger partial charge < -0.3 is 58.7 Å². The SMILES string of the molecule is CC(C)C[C@H](NC(=O)[C@H](COC(=O)CN)N=[N+]=[N-])C(=O)N[C@@H](Cc1ccc(O)cc1)C(=O)N[C@@H](CCCN=C(N)N)C(=O)N[C@@H](C)C(=O)NCC(=O)O. The third kappa shape index (κ3) is 18.1. The van der Waals surface area contributed by atoms with Crippen LogP contribution in [0.4, 0.5) is 0 Å². The molecule has 0 radical (unpaired) electrons. The number of esters is 1. The Morgan fingerprint density at radius 1 is 0.868 bits per heavy atom. The summed E-state index contributed by atoms with van der Waals surface area (Å²) in [5, 5.41) is 34.1. The van der Waals surface area contributed by atoms with E-state index in [4.69, 9.17) is 32.6 Å². The number of carboxylic acids is 1. The topological polar surface area (TPSA) is 369 Å². The standard InChI is InChI=1S/C31H48N12O10/c1-16(2)11-21(40-30(52)23(42-43-35)15-53-25(47)13-32)28(50)41-22(12-18-6-8-19(44)9-7-18)29(51)39-20(5-4-10-36-31(33)34)27(49)38-17(3)26(48)37-14-24(45)46/h6-9,16-17,20-23,44H,4-5,10-15,32H2,1-3H3,(H,37,48)(H,38,49)(H,39,51)(H,40,52)(H,41,50)(H,45,46)(H4,33,34,36)/t17-,20-,21-,22-,23-/m0/s1. The molecule has 0 unspecified atom stereocenters. The number of azide groups is 1. The number of rotatable bonds is 23. The lowest BCUT2D eigenvalue weighted by molar-refractivity contribution is -0.144. The number of guanidine groups is 1. The number of nitrogens with one attached hydrogen (secondary N) is 5. The van der Waals surface area contributed by atoms with Gasteiger partial charge in [0.05, 0.1) is 6.54 Å². The van der Waals surface area contributed by atoms with Crippen molar-refractivity contribution in [2.45, 2.75) is 76.7 Å². The zero-order valence-electron chi connectivity index (χ0n) is 29.6. The fourth-order valence-corrected chi connectivity index (χ4v) is 4.51. The van der Waals surface area contributed by atoms with Gasteiger partial charge in [0.15, 0.2) is 12.0 Å². The molecule has 13 N–H and O–H groups in total. The molecule has 0 aliphatic rings. The second-order valence-corrected chi connectivity index (χ2v) is 12.1. The van der Waals surface area contributed by atoms with E-state index in [-0.39, 0.29) is 49.9 Å². The molecule has 0 aromatic heterocycles. The number of phenols is 1. The Hall–Kier alpha value is -6.15. The Bertz CT molecular complexity index is 1510. The van der Waals surface area contributed by atoms with E-state index in [2.05, 4.69) is 41.6 Å². The summed E-state index contributed by atoms with van der Waals surface area (Å²) in [4.78, 5) is 95.1. The van der Waals surface area contributed by atoms with Gasteiger partial charge in [-0.1, -0.05) is 31.1 Å². The van der Waals surface area contributed by atoms with Gasteiger partial charge in [-0.25, -0.2) is 0 Å². The molecular formula is C31H48N12O10. The molecule has 0 saturated heterocycles. The van der Waals surface area contributed by atoms with Crippen molar-refractivity contribution in [3.05, 3.63) is 40.3 Å². The number of carbonyl (C=O) groups excluding carboxylic acids is 6. The van der Waals surface area contributed by atoms with Gasteiger partial charge in [-0.15, -0.1) is 0 Å². The highest BCUT2D eigenvalue weighted by Crippen LogP contribution is 2.13. The molecule has 22 nitrogen and oxygen atoms in total. The maximum absolute atomic E-state index is 13.9. The molecule has 1 rings (SSSR count). The van der Waals surface area contributed by atoms with Gasteiger partial charge in [0.1, 0.15) is 43.1 Å². The van der Waals surface area contributed by atoms with E-state index in [9.17, 15) is 38.7 Å². The first-order chi connectivity index (χ1) is 25.0. The highest BCUT2D eigenvalue weighted by atomic mass is 16.5. The molecule has 5 amide bonds. The summed E-state index contributed by atoms with van der Waals surface area (Å²) < 4.78 is 4.82. The minimum atomic E-state index is -1.55. The molecule has 0 bridgehead atoms. The number of nitrogens with zero attached hydrogens (tertiary/aromatic N) is 4. The zero-order chi connectivity index (χ0) is 40.1. The monoisotopic (exact) mass is 748 g/mol. The molecule has 5 atom stereocenters. The van der Waals surface area contributed by atoms with E-state index in [1.165, 1.54) is 31.2 Å². The Morgan fingerprint density at radius 2 is 1.45 bits per heavy atom. The van der Waals surface area contributed by atoms with Gasteiger partial charge in [0.25, 0.3) is 0 Å². The summed E-state index contributed by atoms with van der Waals surface area (Å²) in [5.74, 6) is -6.89. The van der Waals surface area contributed by atoms with Crippen molar-refractivity contribution in [3.8, 4) is 5.75 Å². The van der Waals surface area contributed by atoms with Gasteiger partial charge in [0, 0.05) is 17.9 Å². The minimum Gasteiger partial charge on any atom is -0.508 e. The summed E-state index contributed by atoms with van der Waals surface area (Å²) in [6.45, 7) is 3.06. The van der Waals surface area contributed by atoms with Crippen LogP contribution in [0.3, 0.4) is 0 Å². The third-order valence-corrected chi connectivity index (χ3v) is 7.16. The van der Waals surface area contributed by atoms with Crippen molar-refractivity contribution in [1.29, 1.82) is 0 Å². The van der Waals surface area contributed by atoms with Crippen molar-refractivity contribution in [1.82, 2.24) is 26.6 Å². The maximum Gasteiger partial charge on any atom is 0.322 e. The average Bonchev–Trinajstić information content (AvgIpc) is 3.09. The fraction of sp³-hybridized carbons (Fsp3) is 0.548. The molecule has 0 heterocycles. The lowest BCUT2D eigenvalue weighted by Crippen LogP contribution is -2.59. The number of aromatic hydroxyl groups is 1. The van der Waals surface area contributed by atoms with Crippen LogP contribution in [0.1, 0.15) is 45.6 Å². The molecule has 0 aliphatic carbocycles. The Labute approximate surface area is 304 Å². The molecule has 53 heavy (non-hydrogen) atoms. The number of aliphatic carboxylic acids is 1. The van der Waals surface area contributed by atoms with E-state index < -0.39 is 91.4 Å². The second kappa shape index (κ2) is 23.3. The van der Waals surface area contributed by atoms with Crippen LogP contribution in [-0.4, -0.2) is 114 Å². The summed E-state index contributed by atoms with van der Waals surface area (Å²) >= 11 is 0. The number of nitrogens with two attached hydrogens (primary N) is 3. The normalized spacial score (nSPS) is 13.4. The summed E-state index contributed by atoms with van der Waals surface area (Å²) in [7, 11) is 0. The third-order valence-electron chi connectivity index (χ3n) is 7.16. The second-order valence-electron chi connectivity index (χ2n) is 12.1. The van der Waals surface area contributed by atoms with Gasteiger partial charge in [-0.3, -0.25) is 38.6 Å². The quantitative estimate of drug-likeness (QED) is 0.0104. The van der Waals surface area contributed by atoms with Crippen LogP contribution in [0.5, 0.6) is 5.75 Å². The lowest BCUT2D eigenvalue weighted by Gasteiger charge is -2.27. The van der Waals surface area contributed by atoms with Crippen molar-refractivity contribution in [3.63, 3.8) is 0 Å². The van der Waals surface area contributed by atoms with Crippen molar-refractivity contribution in [2.24, 2.45) is 33.2 Å². The molecule has 1 aromatic carbocycles. The molecule has 0 spiro atoms. The smallest absolute Gasteiger partial charge is 0.322 e.